The number of hydrogen-bond acceptors (Lipinski definition) is 9. The standard InChI is InChI=1S/C28H27FN6O4S/c29-21-12-17(13-30)4-5-19(21)16-39-24-3-1-2-22(31-24)18-6-9-34(10-7-18)15-23-32-25-27(40-26(33-25)28(36)37)35(23)14-20-8-11-38-20/h1-5,12,18,20H,6-11,14-16H2,(H,36,37)/t20-/m0/s1. The summed E-state index contributed by atoms with van der Waals surface area (Å²) in [5.41, 5.74) is 2.07. The number of carboxylic acids is 1. The number of hydrogen-bond donors (Lipinski definition) is 1. The van der Waals surface area contributed by atoms with Crippen LogP contribution in [0.15, 0.2) is 36.4 Å². The highest BCUT2D eigenvalue weighted by molar-refractivity contribution is 7.19. The van der Waals surface area contributed by atoms with E-state index in [-0.39, 0.29) is 29.2 Å². The summed E-state index contributed by atoms with van der Waals surface area (Å²) in [5, 5.41) is 18.3. The summed E-state index contributed by atoms with van der Waals surface area (Å²) in [6.07, 6.45) is 2.94. The van der Waals surface area contributed by atoms with Crippen LogP contribution in [0.2, 0.25) is 0 Å². The second-order valence-electron chi connectivity index (χ2n) is 10.0. The van der Waals surface area contributed by atoms with E-state index < -0.39 is 11.8 Å². The first-order chi connectivity index (χ1) is 19.5. The van der Waals surface area contributed by atoms with E-state index in [4.69, 9.17) is 24.7 Å². The van der Waals surface area contributed by atoms with E-state index in [1.807, 2.05) is 18.2 Å². The zero-order chi connectivity index (χ0) is 27.6. The van der Waals surface area contributed by atoms with Crippen LogP contribution in [0.25, 0.3) is 10.5 Å². The number of carboxylic acid groups (broad SMARTS) is 1. The van der Waals surface area contributed by atoms with Gasteiger partial charge >= 0.3 is 5.97 Å². The predicted molar refractivity (Wildman–Crippen MR) is 144 cm³/mol. The van der Waals surface area contributed by atoms with Gasteiger partial charge in [0.2, 0.25) is 10.9 Å². The number of ether oxygens (including phenoxy) is 2. The summed E-state index contributed by atoms with van der Waals surface area (Å²) < 4.78 is 27.7. The maximum absolute atomic E-state index is 14.2. The fraction of sp³-hybridized carbons (Fsp3) is 0.393. The molecule has 2 saturated heterocycles. The summed E-state index contributed by atoms with van der Waals surface area (Å²) in [7, 11) is 0. The van der Waals surface area contributed by atoms with Crippen molar-refractivity contribution in [1.29, 1.82) is 5.26 Å². The third kappa shape index (κ3) is 5.54. The molecule has 5 heterocycles. The first-order valence-corrected chi connectivity index (χ1v) is 14.0. The molecule has 0 amide bonds. The minimum atomic E-state index is -1.04. The van der Waals surface area contributed by atoms with Crippen LogP contribution in [0.1, 0.15) is 57.6 Å². The van der Waals surface area contributed by atoms with Gasteiger partial charge in [-0.25, -0.2) is 24.1 Å². The normalized spacial score (nSPS) is 17.9. The number of rotatable bonds is 9. The van der Waals surface area contributed by atoms with Gasteiger partial charge in [0, 0.05) is 29.8 Å². The quantitative estimate of drug-likeness (QED) is 0.317. The summed E-state index contributed by atoms with van der Waals surface area (Å²) in [6, 6.07) is 11.9. The highest BCUT2D eigenvalue weighted by atomic mass is 32.1. The number of benzene rings is 1. The number of thiazole rings is 1. The molecule has 12 heteroatoms. The van der Waals surface area contributed by atoms with E-state index in [2.05, 4.69) is 14.5 Å². The van der Waals surface area contributed by atoms with Gasteiger partial charge in [0.1, 0.15) is 23.1 Å². The summed E-state index contributed by atoms with van der Waals surface area (Å²) >= 11 is 1.16. The van der Waals surface area contributed by atoms with Crippen LogP contribution in [0, 0.1) is 17.1 Å². The third-order valence-electron chi connectivity index (χ3n) is 7.42. The number of aromatic nitrogens is 4. The first kappa shape index (κ1) is 26.3. The summed E-state index contributed by atoms with van der Waals surface area (Å²) in [6.45, 7) is 3.81. The van der Waals surface area contributed by atoms with Crippen LogP contribution in [0.3, 0.4) is 0 Å². The maximum atomic E-state index is 14.2. The molecule has 0 saturated carbocycles. The number of fused-ring (bicyclic) bond motifs is 1. The maximum Gasteiger partial charge on any atom is 0.365 e. The van der Waals surface area contributed by atoms with Gasteiger partial charge in [-0.3, -0.25) is 4.90 Å². The van der Waals surface area contributed by atoms with Gasteiger partial charge in [0.15, 0.2) is 5.65 Å². The van der Waals surface area contributed by atoms with Crippen molar-refractivity contribution >= 4 is 27.8 Å². The highest BCUT2D eigenvalue weighted by Gasteiger charge is 2.27. The van der Waals surface area contributed by atoms with E-state index in [0.717, 1.165) is 66.6 Å². The van der Waals surface area contributed by atoms with Gasteiger partial charge in [-0.2, -0.15) is 5.26 Å². The van der Waals surface area contributed by atoms with Crippen molar-refractivity contribution in [3.05, 3.63) is 69.9 Å². The molecule has 6 rings (SSSR count). The average molecular weight is 563 g/mol. The number of pyridine rings is 1. The number of nitriles is 1. The Balaban J connectivity index is 1.08. The number of likely N-dealkylation sites (tertiary alicyclic amines) is 1. The third-order valence-corrected chi connectivity index (χ3v) is 8.48. The molecular formula is C28H27FN6O4S. The van der Waals surface area contributed by atoms with E-state index in [0.29, 0.717) is 30.2 Å². The Morgan fingerprint density at radius 3 is 2.73 bits per heavy atom. The lowest BCUT2D eigenvalue weighted by atomic mass is 9.93. The molecule has 40 heavy (non-hydrogen) atoms. The molecule has 0 radical (unpaired) electrons. The minimum Gasteiger partial charge on any atom is -0.476 e. The molecule has 1 atom stereocenters. The molecule has 4 aromatic rings. The Morgan fingerprint density at radius 1 is 1.20 bits per heavy atom. The lowest BCUT2D eigenvalue weighted by Gasteiger charge is -2.32. The lowest BCUT2D eigenvalue weighted by Crippen LogP contribution is -2.35. The van der Waals surface area contributed by atoms with Gasteiger partial charge < -0.3 is 19.1 Å². The number of imidazole rings is 1. The molecule has 2 aliphatic rings. The summed E-state index contributed by atoms with van der Waals surface area (Å²) in [4.78, 5) is 28.2. The van der Waals surface area contributed by atoms with E-state index in [1.165, 1.54) is 6.07 Å². The van der Waals surface area contributed by atoms with E-state index >= 15 is 0 Å². The predicted octanol–water partition coefficient (Wildman–Crippen LogP) is 4.34. The van der Waals surface area contributed by atoms with Crippen molar-refractivity contribution in [3.63, 3.8) is 0 Å². The smallest absolute Gasteiger partial charge is 0.365 e. The average Bonchev–Trinajstić information content (AvgIpc) is 3.49. The number of halogens is 1. The Morgan fingerprint density at radius 2 is 2.02 bits per heavy atom. The number of piperidine rings is 1. The fourth-order valence-electron chi connectivity index (χ4n) is 5.10. The fourth-order valence-corrected chi connectivity index (χ4v) is 5.97. The van der Waals surface area contributed by atoms with Gasteiger partial charge in [0.05, 0.1) is 30.8 Å². The van der Waals surface area contributed by atoms with Crippen molar-refractivity contribution in [2.45, 2.75) is 51.0 Å². The van der Waals surface area contributed by atoms with Crippen molar-refractivity contribution in [2.75, 3.05) is 19.7 Å². The van der Waals surface area contributed by atoms with Gasteiger partial charge in [-0.15, -0.1) is 0 Å². The molecule has 2 fully saturated rings. The summed E-state index contributed by atoms with van der Waals surface area (Å²) in [5.74, 6) is 0.0854. The van der Waals surface area contributed by atoms with E-state index in [1.54, 1.807) is 18.2 Å². The largest absolute Gasteiger partial charge is 0.476 e. The minimum absolute atomic E-state index is 0.0330. The molecular weight excluding hydrogens is 535 g/mol. The van der Waals surface area contributed by atoms with Crippen LogP contribution < -0.4 is 4.74 Å². The van der Waals surface area contributed by atoms with Crippen LogP contribution in [-0.4, -0.2) is 61.3 Å². The van der Waals surface area contributed by atoms with Crippen LogP contribution in [0.5, 0.6) is 5.88 Å². The molecule has 1 aromatic carbocycles. The Hall–Kier alpha value is -3.92. The van der Waals surface area contributed by atoms with Crippen molar-refractivity contribution < 1.29 is 23.8 Å². The van der Waals surface area contributed by atoms with Crippen molar-refractivity contribution in [1.82, 2.24) is 24.4 Å². The molecule has 10 nitrogen and oxygen atoms in total. The van der Waals surface area contributed by atoms with Crippen molar-refractivity contribution in [2.24, 2.45) is 0 Å². The monoisotopic (exact) mass is 562 g/mol. The van der Waals surface area contributed by atoms with Gasteiger partial charge in [-0.1, -0.05) is 23.5 Å². The van der Waals surface area contributed by atoms with Crippen LogP contribution in [-0.2, 0) is 24.4 Å². The lowest BCUT2D eigenvalue weighted by molar-refractivity contribution is -0.0591. The second kappa shape index (κ2) is 11.3. The van der Waals surface area contributed by atoms with Crippen LogP contribution in [0.4, 0.5) is 4.39 Å². The Kier molecular flexibility index (Phi) is 7.42. The zero-order valence-corrected chi connectivity index (χ0v) is 22.4. The first-order valence-electron chi connectivity index (χ1n) is 13.2. The molecule has 3 aromatic heterocycles. The molecule has 0 bridgehead atoms. The number of aromatic carboxylic acids is 1. The van der Waals surface area contributed by atoms with Crippen molar-refractivity contribution in [3.8, 4) is 11.9 Å². The molecule has 0 aliphatic carbocycles. The second-order valence-corrected chi connectivity index (χ2v) is 11.0. The SMILES string of the molecule is N#Cc1ccc(COc2cccc(C3CCN(Cc4nc5nc(C(=O)O)sc5n4C[C@@H]4CCO4)CC3)n2)c(F)c1. The molecule has 2 aliphatic heterocycles. The molecule has 0 unspecified atom stereocenters. The molecule has 206 valence electrons. The van der Waals surface area contributed by atoms with E-state index in [9.17, 15) is 14.3 Å². The van der Waals surface area contributed by atoms with Crippen LogP contribution >= 0.6 is 11.3 Å². The number of nitrogens with zero attached hydrogens (tertiary/aromatic N) is 6. The van der Waals surface area contributed by atoms with Gasteiger partial charge in [0.25, 0.3) is 0 Å². The topological polar surface area (TPSA) is 126 Å². The van der Waals surface area contributed by atoms with Gasteiger partial charge in [-0.05, 0) is 50.6 Å². The Bertz CT molecular complexity index is 1590. The zero-order valence-electron chi connectivity index (χ0n) is 21.6. The highest BCUT2D eigenvalue weighted by Crippen LogP contribution is 2.31. The Labute approximate surface area is 233 Å². The molecule has 1 N–H and O–H groups in total. The molecule has 0 spiro atoms. The number of carbonyl (C=O) groups is 1.